The maximum absolute atomic E-state index is 11.7. The first-order valence-electron chi connectivity index (χ1n) is 6.68. The van der Waals surface area contributed by atoms with E-state index in [-0.39, 0.29) is 12.6 Å². The molecule has 0 bridgehead atoms. The van der Waals surface area contributed by atoms with Crippen LogP contribution in [0.1, 0.15) is 53.4 Å². The van der Waals surface area contributed by atoms with Gasteiger partial charge in [-0.2, -0.15) is 0 Å². The van der Waals surface area contributed by atoms with Gasteiger partial charge >= 0.3 is 6.03 Å². The first-order chi connectivity index (χ1) is 8.01. The maximum Gasteiger partial charge on any atom is 0.315 e. The van der Waals surface area contributed by atoms with Gasteiger partial charge < -0.3 is 15.7 Å². The van der Waals surface area contributed by atoms with Crippen LogP contribution < -0.4 is 10.6 Å². The number of urea groups is 1. The van der Waals surface area contributed by atoms with Crippen LogP contribution in [0.5, 0.6) is 0 Å². The predicted molar refractivity (Wildman–Crippen MR) is 71.0 cm³/mol. The third-order valence-corrected chi connectivity index (χ3v) is 3.27. The van der Waals surface area contributed by atoms with Crippen molar-refractivity contribution in [3.8, 4) is 0 Å². The average molecular weight is 244 g/mol. The molecule has 0 spiro atoms. The molecule has 17 heavy (non-hydrogen) atoms. The maximum atomic E-state index is 11.7. The summed E-state index contributed by atoms with van der Waals surface area (Å²) in [6.45, 7) is 8.84. The van der Waals surface area contributed by atoms with Crippen molar-refractivity contribution in [2.75, 3.05) is 13.2 Å². The number of carbonyl (C=O) groups is 1. The summed E-state index contributed by atoms with van der Waals surface area (Å²) in [5.74, 6) is 0.535. The minimum absolute atomic E-state index is 0.0285. The Morgan fingerprint density at radius 3 is 2.29 bits per heavy atom. The zero-order valence-electron chi connectivity index (χ0n) is 11.7. The first-order valence-corrected chi connectivity index (χ1v) is 6.68. The lowest BCUT2D eigenvalue weighted by atomic mass is 9.97. The molecule has 0 aliphatic carbocycles. The van der Waals surface area contributed by atoms with Crippen LogP contribution in [0.15, 0.2) is 0 Å². The van der Waals surface area contributed by atoms with Gasteiger partial charge in [-0.25, -0.2) is 4.79 Å². The number of aliphatic hydroxyl groups is 1. The van der Waals surface area contributed by atoms with Crippen molar-refractivity contribution in [3.63, 3.8) is 0 Å². The first kappa shape index (κ1) is 16.2. The van der Waals surface area contributed by atoms with Gasteiger partial charge in [0.05, 0.1) is 12.1 Å². The summed E-state index contributed by atoms with van der Waals surface area (Å²) in [5, 5.41) is 15.0. The van der Waals surface area contributed by atoms with E-state index in [0.717, 1.165) is 25.7 Å². The monoisotopic (exact) mass is 244 g/mol. The lowest BCUT2D eigenvalue weighted by Crippen LogP contribution is -2.53. The Labute approximate surface area is 105 Å². The molecule has 0 saturated carbocycles. The minimum Gasteiger partial charge on any atom is -0.394 e. The molecule has 0 aromatic rings. The smallest absolute Gasteiger partial charge is 0.315 e. The summed E-state index contributed by atoms with van der Waals surface area (Å²) >= 11 is 0. The Kier molecular flexibility index (Phi) is 7.96. The largest absolute Gasteiger partial charge is 0.394 e. The van der Waals surface area contributed by atoms with Crippen LogP contribution in [0.2, 0.25) is 0 Å². The highest BCUT2D eigenvalue weighted by atomic mass is 16.3. The number of hydrogen-bond acceptors (Lipinski definition) is 2. The number of aliphatic hydroxyl groups excluding tert-OH is 1. The van der Waals surface area contributed by atoms with Crippen molar-refractivity contribution in [2.24, 2.45) is 5.92 Å². The summed E-state index contributed by atoms with van der Waals surface area (Å²) in [7, 11) is 0. The zero-order chi connectivity index (χ0) is 13.3. The Morgan fingerprint density at radius 2 is 1.88 bits per heavy atom. The van der Waals surface area contributed by atoms with Crippen LogP contribution in [-0.4, -0.2) is 29.8 Å². The zero-order valence-corrected chi connectivity index (χ0v) is 11.7. The SMILES string of the molecule is CCCC(C)(CO)NC(=O)NCC(CC)CC. The van der Waals surface area contributed by atoms with Crippen LogP contribution in [0.25, 0.3) is 0 Å². The van der Waals surface area contributed by atoms with Crippen molar-refractivity contribution in [1.29, 1.82) is 0 Å². The molecule has 1 unspecified atom stereocenters. The van der Waals surface area contributed by atoms with Crippen molar-refractivity contribution in [3.05, 3.63) is 0 Å². The van der Waals surface area contributed by atoms with E-state index in [9.17, 15) is 9.90 Å². The Morgan fingerprint density at radius 1 is 1.29 bits per heavy atom. The van der Waals surface area contributed by atoms with E-state index in [1.165, 1.54) is 0 Å². The number of nitrogens with one attached hydrogen (secondary N) is 2. The van der Waals surface area contributed by atoms with Crippen molar-refractivity contribution >= 4 is 6.03 Å². The standard InChI is InChI=1S/C13H28N2O2/c1-5-8-13(4,10-16)15-12(17)14-9-11(6-2)7-3/h11,16H,5-10H2,1-4H3,(H2,14,15,17). The van der Waals surface area contributed by atoms with Crippen LogP contribution in [0.4, 0.5) is 4.79 Å². The molecular weight excluding hydrogens is 216 g/mol. The number of carbonyl (C=O) groups excluding carboxylic acids is 1. The fraction of sp³-hybridized carbons (Fsp3) is 0.923. The Hall–Kier alpha value is -0.770. The van der Waals surface area contributed by atoms with Crippen molar-refractivity contribution in [1.82, 2.24) is 10.6 Å². The lowest BCUT2D eigenvalue weighted by Gasteiger charge is -2.28. The van der Waals surface area contributed by atoms with Crippen LogP contribution in [0, 0.1) is 5.92 Å². The van der Waals surface area contributed by atoms with E-state index in [1.807, 2.05) is 13.8 Å². The average Bonchev–Trinajstić information content (AvgIpc) is 2.30. The Bertz CT molecular complexity index is 217. The summed E-state index contributed by atoms with van der Waals surface area (Å²) in [6, 6.07) is -0.179. The predicted octanol–water partition coefficient (Wildman–Crippen LogP) is 2.27. The second-order valence-electron chi connectivity index (χ2n) is 4.99. The second-order valence-corrected chi connectivity index (χ2v) is 4.99. The topological polar surface area (TPSA) is 61.4 Å². The molecule has 2 amide bonds. The van der Waals surface area contributed by atoms with E-state index in [1.54, 1.807) is 0 Å². The van der Waals surface area contributed by atoms with E-state index in [0.29, 0.717) is 12.5 Å². The molecule has 0 rings (SSSR count). The fourth-order valence-corrected chi connectivity index (χ4v) is 1.87. The van der Waals surface area contributed by atoms with Gasteiger partial charge in [0, 0.05) is 6.54 Å². The van der Waals surface area contributed by atoms with Gasteiger partial charge in [-0.05, 0) is 19.3 Å². The van der Waals surface area contributed by atoms with E-state index in [4.69, 9.17) is 0 Å². The highest BCUT2D eigenvalue weighted by Crippen LogP contribution is 2.11. The van der Waals surface area contributed by atoms with Crippen LogP contribution >= 0.6 is 0 Å². The highest BCUT2D eigenvalue weighted by molar-refractivity contribution is 5.74. The van der Waals surface area contributed by atoms with Gasteiger partial charge in [-0.3, -0.25) is 0 Å². The van der Waals surface area contributed by atoms with Gasteiger partial charge in [0.2, 0.25) is 0 Å². The van der Waals surface area contributed by atoms with E-state index >= 15 is 0 Å². The van der Waals surface area contributed by atoms with Gasteiger partial charge in [-0.1, -0.05) is 40.0 Å². The van der Waals surface area contributed by atoms with Crippen LogP contribution in [-0.2, 0) is 0 Å². The van der Waals surface area contributed by atoms with E-state index in [2.05, 4.69) is 24.5 Å². The Balaban J connectivity index is 4.06. The molecule has 0 aromatic carbocycles. The molecule has 102 valence electrons. The van der Waals surface area contributed by atoms with Crippen molar-refractivity contribution < 1.29 is 9.90 Å². The molecule has 4 nitrogen and oxygen atoms in total. The van der Waals surface area contributed by atoms with Crippen molar-refractivity contribution in [2.45, 2.75) is 58.9 Å². The molecule has 0 saturated heterocycles. The molecule has 1 atom stereocenters. The van der Waals surface area contributed by atoms with Gasteiger partial charge in [0.25, 0.3) is 0 Å². The van der Waals surface area contributed by atoms with Crippen LogP contribution in [0.3, 0.4) is 0 Å². The molecule has 0 radical (unpaired) electrons. The number of hydrogen-bond donors (Lipinski definition) is 3. The molecule has 0 fully saturated rings. The molecule has 4 heteroatoms. The molecular formula is C13H28N2O2. The molecule has 0 heterocycles. The van der Waals surface area contributed by atoms with Gasteiger partial charge in [0.15, 0.2) is 0 Å². The van der Waals surface area contributed by atoms with E-state index < -0.39 is 5.54 Å². The fourth-order valence-electron chi connectivity index (χ4n) is 1.87. The molecule has 0 aliphatic rings. The second kappa shape index (κ2) is 8.34. The normalized spacial score (nSPS) is 14.5. The van der Waals surface area contributed by atoms with Gasteiger partial charge in [0.1, 0.15) is 0 Å². The lowest BCUT2D eigenvalue weighted by molar-refractivity contribution is 0.162. The quantitative estimate of drug-likeness (QED) is 0.613. The third-order valence-electron chi connectivity index (χ3n) is 3.27. The summed E-state index contributed by atoms with van der Waals surface area (Å²) in [4.78, 5) is 11.7. The minimum atomic E-state index is -0.507. The highest BCUT2D eigenvalue weighted by Gasteiger charge is 2.24. The molecule has 0 aromatic heterocycles. The number of amides is 2. The summed E-state index contributed by atoms with van der Waals surface area (Å²) < 4.78 is 0. The number of rotatable bonds is 8. The molecule has 0 aliphatic heterocycles. The summed E-state index contributed by atoms with van der Waals surface area (Å²) in [5.41, 5.74) is -0.507. The summed E-state index contributed by atoms with van der Waals surface area (Å²) in [6.07, 6.45) is 3.86. The third kappa shape index (κ3) is 6.51. The molecule has 3 N–H and O–H groups in total. The van der Waals surface area contributed by atoms with Gasteiger partial charge in [-0.15, -0.1) is 0 Å².